The van der Waals surface area contributed by atoms with Gasteiger partial charge < -0.3 is 5.32 Å². The van der Waals surface area contributed by atoms with Gasteiger partial charge in [-0.2, -0.15) is 4.68 Å². The van der Waals surface area contributed by atoms with Crippen LogP contribution in [-0.4, -0.2) is 26.1 Å². The van der Waals surface area contributed by atoms with Crippen molar-refractivity contribution in [1.29, 1.82) is 0 Å². The molecule has 1 amide bonds. The maximum Gasteiger partial charge on any atom is 0.261 e. The fraction of sp³-hybridized carbons (Fsp3) is 0.111. The number of rotatable bonds is 4. The summed E-state index contributed by atoms with van der Waals surface area (Å²) in [6.45, 7) is 1.87. The predicted molar refractivity (Wildman–Crippen MR) is 96.9 cm³/mol. The van der Waals surface area contributed by atoms with Crippen molar-refractivity contribution >= 4 is 27.3 Å². The van der Waals surface area contributed by atoms with Gasteiger partial charge in [0.1, 0.15) is 0 Å². The number of fused-ring (bicyclic) bond motifs is 1. The topological polar surface area (TPSA) is 72.7 Å². The molecular weight excluding hydrogens is 334 g/mol. The summed E-state index contributed by atoms with van der Waals surface area (Å²) in [4.78, 5) is 13.3. The largest absolute Gasteiger partial charge is 0.342 e. The van der Waals surface area contributed by atoms with Gasteiger partial charge in [-0.05, 0) is 47.0 Å². The van der Waals surface area contributed by atoms with Crippen LogP contribution in [0.2, 0.25) is 0 Å². The van der Waals surface area contributed by atoms with Crippen molar-refractivity contribution in [1.82, 2.24) is 25.5 Å². The van der Waals surface area contributed by atoms with Crippen LogP contribution in [0.1, 0.15) is 28.5 Å². The summed E-state index contributed by atoms with van der Waals surface area (Å²) in [5.41, 5.74) is 0.852. The Hall–Kier alpha value is -3.06. The van der Waals surface area contributed by atoms with Crippen LogP contribution in [-0.2, 0) is 0 Å². The molecule has 4 rings (SSSR count). The molecule has 4 aromatic rings. The minimum atomic E-state index is -0.326. The molecule has 0 aliphatic heterocycles. The molecule has 0 aliphatic carbocycles. The number of hydrogen-bond donors (Lipinski definition) is 1. The number of benzene rings is 2. The van der Waals surface area contributed by atoms with Crippen LogP contribution in [0.15, 0.2) is 60.7 Å². The Balaban J connectivity index is 1.57. The molecule has 6 nitrogen and oxygen atoms in total. The molecule has 0 bridgehead atoms. The lowest BCUT2D eigenvalue weighted by Crippen LogP contribution is -2.28. The Kier molecular flexibility index (Phi) is 3.99. The number of amides is 1. The van der Waals surface area contributed by atoms with Crippen molar-refractivity contribution in [3.8, 4) is 5.69 Å². The monoisotopic (exact) mass is 349 g/mol. The fourth-order valence-corrected chi connectivity index (χ4v) is 3.61. The van der Waals surface area contributed by atoms with Crippen molar-refractivity contribution in [2.45, 2.75) is 13.0 Å². The van der Waals surface area contributed by atoms with Crippen LogP contribution in [0, 0.1) is 0 Å². The van der Waals surface area contributed by atoms with E-state index in [0.29, 0.717) is 10.7 Å². The highest BCUT2D eigenvalue weighted by Gasteiger charge is 2.19. The molecule has 0 saturated carbocycles. The molecular formula is C18H15N5OS. The standard InChI is InChI=1S/C18H15N5OS/c1-12(17-20-21-22-23(17)14-8-3-2-4-9-14)19-18(24)16-11-13-7-5-6-10-15(13)25-16/h2-12H,1H3,(H,19,24). The van der Waals surface area contributed by atoms with E-state index in [1.54, 1.807) is 4.68 Å². The molecule has 1 atom stereocenters. The van der Waals surface area contributed by atoms with Crippen LogP contribution >= 0.6 is 11.3 Å². The second kappa shape index (κ2) is 6.45. The van der Waals surface area contributed by atoms with Gasteiger partial charge in [-0.15, -0.1) is 16.4 Å². The van der Waals surface area contributed by atoms with Crippen LogP contribution in [0.3, 0.4) is 0 Å². The molecule has 0 aliphatic rings. The first kappa shape index (κ1) is 15.5. The molecule has 2 heterocycles. The van der Waals surface area contributed by atoms with Crippen LogP contribution in [0.5, 0.6) is 0 Å². The van der Waals surface area contributed by atoms with E-state index < -0.39 is 0 Å². The van der Waals surface area contributed by atoms with E-state index in [4.69, 9.17) is 0 Å². The fourth-order valence-electron chi connectivity index (χ4n) is 2.64. The van der Waals surface area contributed by atoms with Gasteiger partial charge in [0.2, 0.25) is 0 Å². The van der Waals surface area contributed by atoms with Gasteiger partial charge >= 0.3 is 0 Å². The Morgan fingerprint density at radius 1 is 1.12 bits per heavy atom. The number of nitrogens with one attached hydrogen (secondary N) is 1. The highest BCUT2D eigenvalue weighted by atomic mass is 32.1. The smallest absolute Gasteiger partial charge is 0.261 e. The number of aromatic nitrogens is 4. The number of para-hydroxylation sites is 1. The molecule has 25 heavy (non-hydrogen) atoms. The Morgan fingerprint density at radius 2 is 1.88 bits per heavy atom. The summed E-state index contributed by atoms with van der Waals surface area (Å²) in [5.74, 6) is 0.456. The van der Waals surface area contributed by atoms with E-state index in [1.165, 1.54) is 11.3 Å². The lowest BCUT2D eigenvalue weighted by atomic mass is 10.2. The minimum Gasteiger partial charge on any atom is -0.342 e. The third kappa shape index (κ3) is 3.01. The van der Waals surface area contributed by atoms with Gasteiger partial charge in [-0.3, -0.25) is 4.79 Å². The molecule has 0 saturated heterocycles. The van der Waals surface area contributed by atoms with E-state index in [-0.39, 0.29) is 11.9 Å². The highest BCUT2D eigenvalue weighted by molar-refractivity contribution is 7.20. The average molecular weight is 349 g/mol. The number of hydrogen-bond acceptors (Lipinski definition) is 5. The van der Waals surface area contributed by atoms with Crippen molar-refractivity contribution in [3.63, 3.8) is 0 Å². The molecule has 1 unspecified atom stereocenters. The predicted octanol–water partition coefficient (Wildman–Crippen LogP) is 3.37. The Bertz CT molecular complexity index is 991. The highest BCUT2D eigenvalue weighted by Crippen LogP contribution is 2.25. The summed E-state index contributed by atoms with van der Waals surface area (Å²) in [5, 5.41) is 15.9. The van der Waals surface area contributed by atoms with Crippen molar-refractivity contribution < 1.29 is 4.79 Å². The van der Waals surface area contributed by atoms with Gasteiger partial charge in [0.05, 0.1) is 16.6 Å². The van der Waals surface area contributed by atoms with Gasteiger partial charge in [0, 0.05) is 4.70 Å². The number of carbonyl (C=O) groups excluding carboxylic acids is 1. The molecule has 2 aromatic carbocycles. The lowest BCUT2D eigenvalue weighted by Gasteiger charge is -2.13. The zero-order valence-corrected chi connectivity index (χ0v) is 14.3. The van der Waals surface area contributed by atoms with Crippen molar-refractivity contribution in [3.05, 3.63) is 71.4 Å². The van der Waals surface area contributed by atoms with Crippen LogP contribution in [0.4, 0.5) is 0 Å². The quantitative estimate of drug-likeness (QED) is 0.613. The molecule has 124 valence electrons. The zero-order chi connectivity index (χ0) is 17.2. The van der Waals surface area contributed by atoms with E-state index in [0.717, 1.165) is 15.8 Å². The molecule has 0 spiro atoms. The second-order valence-corrected chi connectivity index (χ2v) is 6.71. The molecule has 1 N–H and O–H groups in total. The summed E-state index contributed by atoms with van der Waals surface area (Å²) < 4.78 is 2.73. The minimum absolute atomic E-state index is 0.128. The first-order valence-electron chi connectivity index (χ1n) is 7.85. The van der Waals surface area contributed by atoms with Gasteiger partial charge in [0.25, 0.3) is 5.91 Å². The lowest BCUT2D eigenvalue weighted by molar-refractivity contribution is 0.0942. The summed E-state index contributed by atoms with van der Waals surface area (Å²) in [6.07, 6.45) is 0. The van der Waals surface area contributed by atoms with E-state index in [1.807, 2.05) is 67.6 Å². The summed E-state index contributed by atoms with van der Waals surface area (Å²) in [7, 11) is 0. The first-order valence-corrected chi connectivity index (χ1v) is 8.67. The summed E-state index contributed by atoms with van der Waals surface area (Å²) in [6, 6.07) is 19.1. The maximum atomic E-state index is 12.6. The SMILES string of the molecule is CC(NC(=O)c1cc2ccccc2s1)c1nnnn1-c1ccccc1. The van der Waals surface area contributed by atoms with Crippen LogP contribution in [0.25, 0.3) is 15.8 Å². The van der Waals surface area contributed by atoms with E-state index in [2.05, 4.69) is 20.8 Å². The molecule has 7 heteroatoms. The summed E-state index contributed by atoms with van der Waals surface area (Å²) >= 11 is 1.47. The zero-order valence-electron chi connectivity index (χ0n) is 13.5. The number of tetrazole rings is 1. The number of carbonyl (C=O) groups is 1. The van der Waals surface area contributed by atoms with E-state index in [9.17, 15) is 4.79 Å². The third-order valence-electron chi connectivity index (χ3n) is 3.88. The van der Waals surface area contributed by atoms with Gasteiger partial charge in [-0.25, -0.2) is 0 Å². The normalized spacial score (nSPS) is 12.2. The maximum absolute atomic E-state index is 12.6. The Labute approximate surface area is 148 Å². The van der Waals surface area contributed by atoms with Crippen molar-refractivity contribution in [2.24, 2.45) is 0 Å². The molecule has 0 radical (unpaired) electrons. The van der Waals surface area contributed by atoms with Gasteiger partial charge in [0.15, 0.2) is 5.82 Å². The van der Waals surface area contributed by atoms with Crippen molar-refractivity contribution in [2.75, 3.05) is 0 Å². The average Bonchev–Trinajstić information content (AvgIpc) is 3.29. The third-order valence-corrected chi connectivity index (χ3v) is 4.99. The molecule has 2 aromatic heterocycles. The first-order chi connectivity index (χ1) is 12.2. The van der Waals surface area contributed by atoms with E-state index >= 15 is 0 Å². The Morgan fingerprint density at radius 3 is 2.68 bits per heavy atom. The molecule has 0 fully saturated rings. The van der Waals surface area contributed by atoms with Crippen LogP contribution < -0.4 is 5.32 Å². The van der Waals surface area contributed by atoms with Gasteiger partial charge in [-0.1, -0.05) is 36.4 Å². The number of nitrogens with zero attached hydrogens (tertiary/aromatic N) is 4. The second-order valence-electron chi connectivity index (χ2n) is 5.63. The number of thiophene rings is 1.